The molecule has 10 heteroatoms. The van der Waals surface area contributed by atoms with E-state index in [1.54, 1.807) is 0 Å². The van der Waals surface area contributed by atoms with Gasteiger partial charge in [-0.15, -0.1) is 5.10 Å². The lowest BCUT2D eigenvalue weighted by atomic mass is 10.2. The molecule has 0 unspecified atom stereocenters. The van der Waals surface area contributed by atoms with Gasteiger partial charge in [0.15, 0.2) is 0 Å². The molecule has 0 fully saturated rings. The third kappa shape index (κ3) is 4.47. The Labute approximate surface area is 158 Å². The molecule has 1 heterocycles. The summed E-state index contributed by atoms with van der Waals surface area (Å²) < 4.78 is 15.1. The van der Waals surface area contributed by atoms with Crippen molar-refractivity contribution in [1.29, 1.82) is 0 Å². The Morgan fingerprint density at radius 1 is 1.11 bits per heavy atom. The molecular formula is C17H15FN6O2S. The number of hydrazine groups is 1. The first-order valence-electron chi connectivity index (χ1n) is 7.87. The van der Waals surface area contributed by atoms with E-state index in [1.165, 1.54) is 22.9 Å². The Balaban J connectivity index is 1.56. The van der Waals surface area contributed by atoms with E-state index in [0.29, 0.717) is 5.16 Å². The Bertz CT molecular complexity index is 977. The zero-order valence-corrected chi connectivity index (χ0v) is 15.0. The fourth-order valence-corrected chi connectivity index (χ4v) is 2.91. The highest BCUT2D eigenvalue weighted by atomic mass is 32.2. The maximum absolute atomic E-state index is 13.5. The number of carbonyl (C=O) groups is 2. The number of tetrazole rings is 1. The molecule has 0 bridgehead atoms. The van der Waals surface area contributed by atoms with E-state index < -0.39 is 17.6 Å². The summed E-state index contributed by atoms with van der Waals surface area (Å²) in [5.74, 6) is -1.93. The Morgan fingerprint density at radius 3 is 2.63 bits per heavy atom. The van der Waals surface area contributed by atoms with Gasteiger partial charge in [0.2, 0.25) is 11.1 Å². The van der Waals surface area contributed by atoms with Crippen LogP contribution in [-0.2, 0) is 4.79 Å². The van der Waals surface area contributed by atoms with Gasteiger partial charge in [0.1, 0.15) is 5.82 Å². The number of nitrogens with one attached hydrogen (secondary N) is 2. The highest BCUT2D eigenvalue weighted by Gasteiger charge is 2.14. The molecule has 0 aliphatic rings. The smallest absolute Gasteiger partial charge is 0.272 e. The fourth-order valence-electron chi connectivity index (χ4n) is 2.23. The number of hydrogen-bond donors (Lipinski definition) is 2. The summed E-state index contributed by atoms with van der Waals surface area (Å²) in [6.45, 7) is 1.93. The topological polar surface area (TPSA) is 102 Å². The summed E-state index contributed by atoms with van der Waals surface area (Å²) >= 11 is 1.11. The van der Waals surface area contributed by atoms with Crippen LogP contribution in [0.4, 0.5) is 4.39 Å². The summed E-state index contributed by atoms with van der Waals surface area (Å²) in [5, 5.41) is 11.9. The molecule has 2 N–H and O–H groups in total. The molecule has 138 valence electrons. The lowest BCUT2D eigenvalue weighted by molar-refractivity contribution is -0.119. The van der Waals surface area contributed by atoms with Crippen LogP contribution >= 0.6 is 11.8 Å². The molecule has 0 atom stereocenters. The number of hydrogen-bond acceptors (Lipinski definition) is 6. The molecular weight excluding hydrogens is 371 g/mol. The highest BCUT2D eigenvalue weighted by Crippen LogP contribution is 2.20. The SMILES string of the molecule is Cc1ccccc1-n1nnnc1SCC(=O)NNC(=O)c1ccccc1F. The number of aryl methyl sites for hydroxylation is 1. The van der Waals surface area contributed by atoms with Crippen molar-refractivity contribution >= 4 is 23.6 Å². The molecule has 0 saturated heterocycles. The molecule has 2 aromatic carbocycles. The quantitative estimate of drug-likeness (QED) is 0.511. The summed E-state index contributed by atoms with van der Waals surface area (Å²) in [4.78, 5) is 23.8. The van der Waals surface area contributed by atoms with Crippen LogP contribution in [0.3, 0.4) is 0 Å². The van der Waals surface area contributed by atoms with Crippen LogP contribution in [0.1, 0.15) is 15.9 Å². The number of benzene rings is 2. The predicted octanol–water partition coefficient (Wildman–Crippen LogP) is 1.66. The first-order valence-corrected chi connectivity index (χ1v) is 8.85. The summed E-state index contributed by atoms with van der Waals surface area (Å²) in [5.41, 5.74) is 6.04. The standard InChI is InChI=1S/C17H15FN6O2S/c1-11-6-2-5-9-14(11)24-17(21-22-23-24)27-10-15(25)19-20-16(26)12-7-3-4-8-13(12)18/h2-9H,10H2,1H3,(H,19,25)(H,20,26). The zero-order valence-electron chi connectivity index (χ0n) is 14.2. The van der Waals surface area contributed by atoms with Crippen molar-refractivity contribution in [2.75, 3.05) is 5.75 Å². The van der Waals surface area contributed by atoms with Crippen LogP contribution in [0.15, 0.2) is 53.7 Å². The molecule has 2 amide bonds. The van der Waals surface area contributed by atoms with Gasteiger partial charge in [0.05, 0.1) is 17.0 Å². The van der Waals surface area contributed by atoms with Crippen molar-refractivity contribution in [3.05, 3.63) is 65.5 Å². The van der Waals surface area contributed by atoms with E-state index >= 15 is 0 Å². The summed E-state index contributed by atoms with van der Waals surface area (Å²) in [6.07, 6.45) is 0. The molecule has 0 radical (unpaired) electrons. The van der Waals surface area contributed by atoms with Crippen molar-refractivity contribution in [3.8, 4) is 5.69 Å². The number of aromatic nitrogens is 4. The van der Waals surface area contributed by atoms with Crippen LogP contribution in [-0.4, -0.2) is 37.8 Å². The predicted molar refractivity (Wildman–Crippen MR) is 96.6 cm³/mol. The molecule has 0 aliphatic heterocycles. The third-order valence-electron chi connectivity index (χ3n) is 3.55. The maximum Gasteiger partial charge on any atom is 0.272 e. The van der Waals surface area contributed by atoms with Gasteiger partial charge in [-0.2, -0.15) is 4.68 Å². The van der Waals surface area contributed by atoms with Gasteiger partial charge in [-0.3, -0.25) is 20.4 Å². The lowest BCUT2D eigenvalue weighted by Gasteiger charge is -2.08. The van der Waals surface area contributed by atoms with Gasteiger partial charge in [0.25, 0.3) is 5.91 Å². The van der Waals surface area contributed by atoms with Crippen molar-refractivity contribution in [2.45, 2.75) is 12.1 Å². The third-order valence-corrected chi connectivity index (χ3v) is 4.47. The molecule has 0 saturated carbocycles. The zero-order chi connectivity index (χ0) is 19.2. The van der Waals surface area contributed by atoms with Crippen molar-refractivity contribution in [1.82, 2.24) is 31.1 Å². The van der Waals surface area contributed by atoms with Gasteiger partial charge in [0, 0.05) is 0 Å². The van der Waals surface area contributed by atoms with Crippen LogP contribution < -0.4 is 10.9 Å². The highest BCUT2D eigenvalue weighted by molar-refractivity contribution is 7.99. The molecule has 1 aromatic heterocycles. The van der Waals surface area contributed by atoms with E-state index in [0.717, 1.165) is 29.1 Å². The van der Waals surface area contributed by atoms with Gasteiger partial charge in [-0.1, -0.05) is 42.1 Å². The average Bonchev–Trinajstić information content (AvgIpc) is 3.13. The second-order valence-corrected chi connectivity index (χ2v) is 6.37. The summed E-state index contributed by atoms with van der Waals surface area (Å²) in [6, 6.07) is 13.0. The van der Waals surface area contributed by atoms with E-state index in [4.69, 9.17) is 0 Å². The monoisotopic (exact) mass is 386 g/mol. The number of nitrogens with zero attached hydrogens (tertiary/aromatic N) is 4. The maximum atomic E-state index is 13.5. The first-order chi connectivity index (χ1) is 13.1. The summed E-state index contributed by atoms with van der Waals surface area (Å²) in [7, 11) is 0. The molecule has 0 aliphatic carbocycles. The van der Waals surface area contributed by atoms with Gasteiger partial charge in [-0.05, 0) is 41.1 Å². The van der Waals surface area contributed by atoms with Crippen LogP contribution in [0.2, 0.25) is 0 Å². The molecule has 3 rings (SSSR count). The van der Waals surface area contributed by atoms with Crippen LogP contribution in [0.5, 0.6) is 0 Å². The molecule has 3 aromatic rings. The largest absolute Gasteiger partial charge is 0.272 e. The minimum atomic E-state index is -0.740. The number of thioether (sulfide) groups is 1. The number of carbonyl (C=O) groups excluding carboxylic acids is 2. The van der Waals surface area contributed by atoms with Crippen LogP contribution in [0.25, 0.3) is 5.69 Å². The van der Waals surface area contributed by atoms with E-state index in [1.807, 2.05) is 31.2 Å². The second kappa shape index (κ2) is 8.41. The molecule has 0 spiro atoms. The van der Waals surface area contributed by atoms with E-state index in [9.17, 15) is 14.0 Å². The van der Waals surface area contributed by atoms with Crippen molar-refractivity contribution < 1.29 is 14.0 Å². The second-order valence-electron chi connectivity index (χ2n) is 5.43. The van der Waals surface area contributed by atoms with Gasteiger partial charge < -0.3 is 0 Å². The number of halogens is 1. The Kier molecular flexibility index (Phi) is 5.77. The van der Waals surface area contributed by atoms with E-state index in [2.05, 4.69) is 26.4 Å². The number of rotatable bonds is 5. The van der Waals surface area contributed by atoms with Crippen molar-refractivity contribution in [3.63, 3.8) is 0 Å². The normalized spacial score (nSPS) is 10.4. The Hall–Kier alpha value is -3.27. The lowest BCUT2D eigenvalue weighted by Crippen LogP contribution is -2.42. The minimum Gasteiger partial charge on any atom is -0.272 e. The number of para-hydroxylation sites is 1. The van der Waals surface area contributed by atoms with Crippen LogP contribution in [0, 0.1) is 12.7 Å². The number of amides is 2. The van der Waals surface area contributed by atoms with Gasteiger partial charge in [-0.25, -0.2) is 4.39 Å². The fraction of sp³-hybridized carbons (Fsp3) is 0.118. The Morgan fingerprint density at radius 2 is 1.85 bits per heavy atom. The molecule has 27 heavy (non-hydrogen) atoms. The average molecular weight is 386 g/mol. The van der Waals surface area contributed by atoms with Gasteiger partial charge >= 0.3 is 0 Å². The minimum absolute atomic E-state index is 0.0379. The van der Waals surface area contributed by atoms with Crippen molar-refractivity contribution in [2.24, 2.45) is 0 Å². The van der Waals surface area contributed by atoms with E-state index in [-0.39, 0.29) is 11.3 Å². The first kappa shape index (κ1) is 18.5. The molecule has 8 nitrogen and oxygen atoms in total.